The van der Waals surface area contributed by atoms with Crippen molar-refractivity contribution in [1.82, 2.24) is 20.1 Å². The summed E-state index contributed by atoms with van der Waals surface area (Å²) in [6.07, 6.45) is 1.77. The monoisotopic (exact) mass is 414 g/mol. The molecule has 0 bridgehead atoms. The largest absolute Gasteiger partial charge is 0.360 e. The van der Waals surface area contributed by atoms with Crippen molar-refractivity contribution in [2.24, 2.45) is 11.8 Å². The number of nitrogens with zero attached hydrogens (tertiary/aromatic N) is 2. The van der Waals surface area contributed by atoms with Gasteiger partial charge >= 0.3 is 0 Å². The molecule has 2 heterocycles. The summed E-state index contributed by atoms with van der Waals surface area (Å²) in [7, 11) is -3.66. The maximum atomic E-state index is 13.0. The molecule has 1 fully saturated rings. The lowest BCUT2D eigenvalue weighted by atomic mass is 9.82. The molecule has 0 aliphatic carbocycles. The van der Waals surface area contributed by atoms with Crippen LogP contribution in [-0.2, 0) is 19.6 Å². The van der Waals surface area contributed by atoms with Crippen LogP contribution < -0.4 is 10.6 Å². The van der Waals surface area contributed by atoms with Gasteiger partial charge in [0.2, 0.25) is 21.8 Å². The Morgan fingerprint density at radius 1 is 1.21 bits per heavy atom. The summed E-state index contributed by atoms with van der Waals surface area (Å²) in [5, 5.41) is 9.19. The quantitative estimate of drug-likeness (QED) is 0.611. The van der Waals surface area contributed by atoms with E-state index in [4.69, 9.17) is 4.52 Å². The fraction of sp³-hybridized carbons (Fsp3) is 0.722. The Bertz CT molecular complexity index is 785. The summed E-state index contributed by atoms with van der Waals surface area (Å²) in [5.74, 6) is 0.321. The van der Waals surface area contributed by atoms with Gasteiger partial charge in [0.05, 0.1) is 0 Å². The highest BCUT2D eigenvalue weighted by Crippen LogP contribution is 2.33. The molecule has 1 aliphatic rings. The Morgan fingerprint density at radius 3 is 2.46 bits per heavy atom. The molecular formula is C18H30N4O5S. The standard InChI is InChI=1S/C18H30N4O5S/c1-5-15-11-22(28(25,26)18-12(2)21-27-13(18)3)9-6-16(15)10-17(24)20-8-7-19-14(4)23/h15-16H,5-11H2,1-4H3,(H,19,23)(H,20,24)/t15-,16+/m1/s1. The Kier molecular flexibility index (Phi) is 7.59. The van der Waals surface area contributed by atoms with Crippen molar-refractivity contribution in [3.05, 3.63) is 11.5 Å². The summed E-state index contributed by atoms with van der Waals surface area (Å²) in [5.41, 5.74) is 0.367. The van der Waals surface area contributed by atoms with Crippen molar-refractivity contribution in [3.63, 3.8) is 0 Å². The highest BCUT2D eigenvalue weighted by molar-refractivity contribution is 7.89. The molecule has 158 valence electrons. The maximum Gasteiger partial charge on any atom is 0.248 e. The SMILES string of the molecule is CC[C@@H]1CN(S(=O)(=O)c2c(C)noc2C)CC[C@H]1CC(=O)NCCNC(C)=O. The number of hydrogen-bond donors (Lipinski definition) is 2. The van der Waals surface area contributed by atoms with Crippen LogP contribution in [0.5, 0.6) is 0 Å². The molecule has 1 saturated heterocycles. The number of rotatable bonds is 8. The van der Waals surface area contributed by atoms with E-state index in [1.807, 2.05) is 6.92 Å². The first-order valence-electron chi connectivity index (χ1n) is 9.61. The maximum absolute atomic E-state index is 13.0. The molecule has 0 unspecified atom stereocenters. The van der Waals surface area contributed by atoms with Gasteiger partial charge in [0, 0.05) is 39.5 Å². The topological polar surface area (TPSA) is 122 Å². The highest BCUT2D eigenvalue weighted by atomic mass is 32.2. The van der Waals surface area contributed by atoms with Crippen LogP contribution in [-0.4, -0.2) is 55.9 Å². The predicted octanol–water partition coefficient (Wildman–Crippen LogP) is 0.971. The zero-order chi connectivity index (χ0) is 20.9. The summed E-state index contributed by atoms with van der Waals surface area (Å²) in [4.78, 5) is 23.2. The van der Waals surface area contributed by atoms with Crippen molar-refractivity contribution in [3.8, 4) is 0 Å². The lowest BCUT2D eigenvalue weighted by Gasteiger charge is -2.37. The molecule has 2 atom stereocenters. The summed E-state index contributed by atoms with van der Waals surface area (Å²) in [6, 6.07) is 0. The first-order valence-corrected chi connectivity index (χ1v) is 11.0. The molecule has 2 amide bonds. The first-order chi connectivity index (χ1) is 13.2. The van der Waals surface area contributed by atoms with Crippen LogP contribution in [0.3, 0.4) is 0 Å². The van der Waals surface area contributed by atoms with Gasteiger partial charge in [-0.25, -0.2) is 8.42 Å². The van der Waals surface area contributed by atoms with E-state index in [1.54, 1.807) is 13.8 Å². The van der Waals surface area contributed by atoms with Crippen LogP contribution >= 0.6 is 0 Å². The second-order valence-corrected chi connectivity index (χ2v) is 9.15. The van der Waals surface area contributed by atoms with E-state index in [1.165, 1.54) is 11.2 Å². The molecule has 9 nitrogen and oxygen atoms in total. The fourth-order valence-corrected chi connectivity index (χ4v) is 5.52. The Hall–Kier alpha value is -1.94. The lowest BCUT2D eigenvalue weighted by Crippen LogP contribution is -2.45. The number of aryl methyl sites for hydroxylation is 2. The third-order valence-corrected chi connectivity index (χ3v) is 7.32. The molecule has 10 heteroatoms. The van der Waals surface area contributed by atoms with Gasteiger partial charge < -0.3 is 15.2 Å². The molecule has 1 aromatic rings. The van der Waals surface area contributed by atoms with E-state index in [2.05, 4.69) is 15.8 Å². The first kappa shape index (κ1) is 22.4. The number of sulfonamides is 1. The van der Waals surface area contributed by atoms with Crippen molar-refractivity contribution in [2.75, 3.05) is 26.2 Å². The number of aromatic nitrogens is 1. The minimum absolute atomic E-state index is 0.0733. The van der Waals surface area contributed by atoms with Crippen molar-refractivity contribution in [1.29, 1.82) is 0 Å². The number of carbonyl (C=O) groups is 2. The normalized spacial score (nSPS) is 20.7. The second kappa shape index (κ2) is 9.51. The number of carbonyl (C=O) groups excluding carboxylic acids is 2. The number of amides is 2. The zero-order valence-electron chi connectivity index (χ0n) is 16.9. The van der Waals surface area contributed by atoms with E-state index >= 15 is 0 Å². The summed E-state index contributed by atoms with van der Waals surface area (Å²) >= 11 is 0. The highest BCUT2D eigenvalue weighted by Gasteiger charge is 2.38. The van der Waals surface area contributed by atoms with Gasteiger partial charge in [-0.15, -0.1) is 0 Å². The van der Waals surface area contributed by atoms with Gasteiger partial charge in [0.15, 0.2) is 5.76 Å². The van der Waals surface area contributed by atoms with Gasteiger partial charge in [-0.05, 0) is 32.1 Å². The van der Waals surface area contributed by atoms with Gasteiger partial charge in [-0.3, -0.25) is 9.59 Å². The van der Waals surface area contributed by atoms with Gasteiger partial charge in [-0.1, -0.05) is 18.5 Å². The smallest absolute Gasteiger partial charge is 0.248 e. The minimum atomic E-state index is -3.66. The van der Waals surface area contributed by atoms with E-state index in [-0.39, 0.29) is 28.5 Å². The van der Waals surface area contributed by atoms with E-state index in [0.29, 0.717) is 50.5 Å². The van der Waals surface area contributed by atoms with Gasteiger partial charge in [0.1, 0.15) is 10.6 Å². The third kappa shape index (κ3) is 5.32. The molecular weight excluding hydrogens is 384 g/mol. The van der Waals surface area contributed by atoms with Crippen LogP contribution in [0.1, 0.15) is 44.6 Å². The molecule has 28 heavy (non-hydrogen) atoms. The number of piperidine rings is 1. The average Bonchev–Trinajstić information content (AvgIpc) is 2.97. The Labute approximate surface area is 166 Å². The average molecular weight is 415 g/mol. The van der Waals surface area contributed by atoms with E-state index in [0.717, 1.165) is 6.42 Å². The predicted molar refractivity (Wildman–Crippen MR) is 103 cm³/mol. The van der Waals surface area contributed by atoms with Crippen molar-refractivity contribution >= 4 is 21.8 Å². The minimum Gasteiger partial charge on any atom is -0.360 e. The van der Waals surface area contributed by atoms with Gasteiger partial charge in [0.25, 0.3) is 0 Å². The molecule has 0 saturated carbocycles. The molecule has 1 aliphatic heterocycles. The van der Waals surface area contributed by atoms with Crippen LogP contribution in [0.25, 0.3) is 0 Å². The fourth-order valence-electron chi connectivity index (χ4n) is 3.72. The van der Waals surface area contributed by atoms with Crippen LogP contribution in [0.15, 0.2) is 9.42 Å². The number of hydrogen-bond acceptors (Lipinski definition) is 6. The van der Waals surface area contributed by atoms with Crippen LogP contribution in [0.4, 0.5) is 0 Å². The molecule has 2 N–H and O–H groups in total. The van der Waals surface area contributed by atoms with E-state index in [9.17, 15) is 18.0 Å². The Morgan fingerprint density at radius 2 is 1.89 bits per heavy atom. The molecule has 2 rings (SSSR count). The summed E-state index contributed by atoms with van der Waals surface area (Å²) in [6.45, 7) is 8.19. The van der Waals surface area contributed by atoms with Crippen molar-refractivity contribution < 1.29 is 22.5 Å². The van der Waals surface area contributed by atoms with E-state index < -0.39 is 10.0 Å². The molecule has 0 radical (unpaired) electrons. The number of nitrogens with one attached hydrogen (secondary N) is 2. The molecule has 0 spiro atoms. The lowest BCUT2D eigenvalue weighted by molar-refractivity contribution is -0.123. The molecule has 0 aromatic carbocycles. The van der Waals surface area contributed by atoms with Crippen LogP contribution in [0, 0.1) is 25.7 Å². The van der Waals surface area contributed by atoms with Crippen molar-refractivity contribution in [2.45, 2.75) is 51.9 Å². The zero-order valence-corrected chi connectivity index (χ0v) is 17.8. The Balaban J connectivity index is 1.96. The van der Waals surface area contributed by atoms with Gasteiger partial charge in [-0.2, -0.15) is 4.31 Å². The third-order valence-electron chi connectivity index (χ3n) is 5.21. The second-order valence-electron chi connectivity index (χ2n) is 7.27. The summed E-state index contributed by atoms with van der Waals surface area (Å²) < 4.78 is 32.6. The molecule has 1 aromatic heterocycles. The van der Waals surface area contributed by atoms with Crippen LogP contribution in [0.2, 0.25) is 0 Å².